The lowest BCUT2D eigenvalue weighted by Crippen LogP contribution is -2.50. The number of benzene rings is 1. The lowest BCUT2D eigenvalue weighted by atomic mass is 9.86. The summed E-state index contributed by atoms with van der Waals surface area (Å²) < 4.78 is 13.9. The van der Waals surface area contributed by atoms with Gasteiger partial charge in [-0.1, -0.05) is 0 Å². The molecule has 2 unspecified atom stereocenters. The fourth-order valence-corrected chi connectivity index (χ4v) is 5.23. The van der Waals surface area contributed by atoms with Crippen LogP contribution in [-0.2, 0) is 9.47 Å². The number of likely N-dealkylation sites (tertiary alicyclic amines) is 1. The Hall–Kier alpha value is -2.15. The van der Waals surface area contributed by atoms with Crippen molar-refractivity contribution in [3.63, 3.8) is 0 Å². The van der Waals surface area contributed by atoms with Crippen molar-refractivity contribution in [1.82, 2.24) is 14.4 Å². The van der Waals surface area contributed by atoms with Crippen LogP contribution in [0.15, 0.2) is 48.8 Å². The summed E-state index contributed by atoms with van der Waals surface area (Å²) >= 11 is 0. The van der Waals surface area contributed by atoms with E-state index < -0.39 is 0 Å². The molecule has 0 saturated carbocycles. The van der Waals surface area contributed by atoms with E-state index >= 15 is 0 Å². The van der Waals surface area contributed by atoms with Gasteiger partial charge in [0.25, 0.3) is 5.91 Å². The summed E-state index contributed by atoms with van der Waals surface area (Å²) in [5.74, 6) is 0.673. The minimum absolute atomic E-state index is 0.119. The third kappa shape index (κ3) is 4.17. The van der Waals surface area contributed by atoms with Crippen LogP contribution in [0.4, 0.5) is 0 Å². The van der Waals surface area contributed by atoms with Gasteiger partial charge < -0.3 is 18.9 Å². The summed E-state index contributed by atoms with van der Waals surface area (Å²) in [5.41, 5.74) is 1.67. The normalized spacial score (nSPS) is 27.6. The molecule has 1 aromatic carbocycles. The quantitative estimate of drug-likeness (QED) is 0.779. The number of rotatable bonds is 4. The zero-order chi connectivity index (χ0) is 20.4. The van der Waals surface area contributed by atoms with Crippen LogP contribution in [0.1, 0.15) is 29.6 Å². The molecular formula is C24H31N3O3. The van der Waals surface area contributed by atoms with Crippen LogP contribution in [-0.4, -0.2) is 78.4 Å². The van der Waals surface area contributed by atoms with Gasteiger partial charge in [0.15, 0.2) is 0 Å². The number of morpholine rings is 1. The predicted molar refractivity (Wildman–Crippen MR) is 115 cm³/mol. The maximum Gasteiger partial charge on any atom is 0.253 e. The first kappa shape index (κ1) is 19.8. The zero-order valence-corrected chi connectivity index (χ0v) is 17.5. The van der Waals surface area contributed by atoms with Crippen LogP contribution in [0.5, 0.6) is 0 Å². The van der Waals surface area contributed by atoms with E-state index in [0.29, 0.717) is 12.5 Å². The highest BCUT2D eigenvalue weighted by Gasteiger charge is 2.44. The number of carbonyl (C=O) groups excluding carboxylic acids is 1. The predicted octanol–water partition coefficient (Wildman–Crippen LogP) is 2.82. The second kappa shape index (κ2) is 8.53. The molecule has 1 amide bonds. The Morgan fingerprint density at radius 2 is 1.83 bits per heavy atom. The van der Waals surface area contributed by atoms with Crippen molar-refractivity contribution in [2.45, 2.75) is 24.9 Å². The maximum atomic E-state index is 13.2. The summed E-state index contributed by atoms with van der Waals surface area (Å²) in [4.78, 5) is 17.7. The Bertz CT molecular complexity index is 845. The Kier molecular flexibility index (Phi) is 5.63. The number of hydrogen-bond donors (Lipinski definition) is 0. The van der Waals surface area contributed by atoms with E-state index in [-0.39, 0.29) is 11.5 Å². The first-order valence-electron chi connectivity index (χ1n) is 11.2. The molecule has 0 bridgehead atoms. The van der Waals surface area contributed by atoms with E-state index in [9.17, 15) is 4.79 Å². The number of hydrogen-bond acceptors (Lipinski definition) is 4. The van der Waals surface area contributed by atoms with Crippen LogP contribution >= 0.6 is 0 Å². The summed E-state index contributed by atoms with van der Waals surface area (Å²) in [5, 5.41) is 0. The average molecular weight is 410 g/mol. The summed E-state index contributed by atoms with van der Waals surface area (Å²) in [7, 11) is 0. The van der Waals surface area contributed by atoms with Crippen molar-refractivity contribution in [3.8, 4) is 5.69 Å². The fraction of sp³-hybridized carbons (Fsp3) is 0.542. The minimum Gasteiger partial charge on any atom is -0.379 e. The summed E-state index contributed by atoms with van der Waals surface area (Å²) in [6.45, 7) is 7.14. The molecule has 3 saturated heterocycles. The fourth-order valence-electron chi connectivity index (χ4n) is 5.23. The van der Waals surface area contributed by atoms with Crippen LogP contribution in [0, 0.1) is 5.92 Å². The van der Waals surface area contributed by atoms with Crippen molar-refractivity contribution < 1.29 is 14.3 Å². The minimum atomic E-state index is -0.157. The number of nitrogens with zero attached hydrogens (tertiary/aromatic N) is 3. The van der Waals surface area contributed by atoms with Crippen LogP contribution < -0.4 is 0 Å². The SMILES string of the molecule is O=C(c1ccc(-n2cccc2)cc1)N1CCCC2(CC(CN3CCOCC3)CO2)C1. The van der Waals surface area contributed by atoms with Gasteiger partial charge in [-0.3, -0.25) is 9.69 Å². The molecular weight excluding hydrogens is 378 g/mol. The molecule has 160 valence electrons. The van der Waals surface area contributed by atoms with E-state index in [1.54, 1.807) is 0 Å². The highest BCUT2D eigenvalue weighted by molar-refractivity contribution is 5.94. The molecule has 0 radical (unpaired) electrons. The molecule has 3 aliphatic rings. The van der Waals surface area contributed by atoms with Gasteiger partial charge in [-0.2, -0.15) is 0 Å². The molecule has 0 aliphatic carbocycles. The molecule has 3 aliphatic heterocycles. The highest BCUT2D eigenvalue weighted by atomic mass is 16.5. The third-order valence-corrected chi connectivity index (χ3v) is 6.75. The number of aromatic nitrogens is 1. The van der Waals surface area contributed by atoms with E-state index in [1.807, 2.05) is 58.3 Å². The standard InChI is InChI=1S/C24H31N3O3/c28-23(21-4-6-22(7-5-21)26-9-1-2-10-26)27-11-3-8-24(19-27)16-20(18-30-24)17-25-12-14-29-15-13-25/h1-2,4-7,9-10,20H,3,8,11-19H2. The van der Waals surface area contributed by atoms with E-state index in [2.05, 4.69) is 4.90 Å². The Labute approximate surface area is 178 Å². The van der Waals surface area contributed by atoms with Crippen molar-refractivity contribution in [1.29, 1.82) is 0 Å². The van der Waals surface area contributed by atoms with Crippen molar-refractivity contribution in [3.05, 3.63) is 54.4 Å². The van der Waals surface area contributed by atoms with Crippen molar-refractivity contribution >= 4 is 5.91 Å². The van der Waals surface area contributed by atoms with Gasteiger partial charge in [-0.15, -0.1) is 0 Å². The van der Waals surface area contributed by atoms with Crippen LogP contribution in [0.25, 0.3) is 5.69 Å². The molecule has 1 aromatic heterocycles. The van der Waals surface area contributed by atoms with Gasteiger partial charge in [0, 0.05) is 56.4 Å². The van der Waals surface area contributed by atoms with Crippen LogP contribution in [0.2, 0.25) is 0 Å². The number of carbonyl (C=O) groups is 1. The van der Waals surface area contributed by atoms with Gasteiger partial charge >= 0.3 is 0 Å². The van der Waals surface area contributed by atoms with Crippen LogP contribution in [0.3, 0.4) is 0 Å². The summed E-state index contributed by atoms with van der Waals surface area (Å²) in [6, 6.07) is 11.9. The van der Waals surface area contributed by atoms with E-state index in [0.717, 1.165) is 76.5 Å². The monoisotopic (exact) mass is 409 g/mol. The first-order valence-corrected chi connectivity index (χ1v) is 11.2. The molecule has 2 aromatic rings. The molecule has 0 N–H and O–H groups in total. The number of piperidine rings is 1. The molecule has 30 heavy (non-hydrogen) atoms. The topological polar surface area (TPSA) is 46.9 Å². The Balaban J connectivity index is 1.21. The largest absolute Gasteiger partial charge is 0.379 e. The Morgan fingerprint density at radius 1 is 1.07 bits per heavy atom. The number of ether oxygens (including phenoxy) is 2. The van der Waals surface area contributed by atoms with Crippen molar-refractivity contribution in [2.75, 3.05) is 52.5 Å². The molecule has 1 spiro atoms. The highest BCUT2D eigenvalue weighted by Crippen LogP contribution is 2.38. The van der Waals surface area contributed by atoms with Gasteiger partial charge in [-0.25, -0.2) is 0 Å². The van der Waals surface area contributed by atoms with E-state index in [4.69, 9.17) is 9.47 Å². The second-order valence-electron chi connectivity index (χ2n) is 8.94. The van der Waals surface area contributed by atoms with Gasteiger partial charge in [0.2, 0.25) is 0 Å². The molecule has 5 rings (SSSR count). The first-order chi connectivity index (χ1) is 14.7. The zero-order valence-electron chi connectivity index (χ0n) is 17.5. The van der Waals surface area contributed by atoms with Gasteiger partial charge in [-0.05, 0) is 61.6 Å². The molecule has 2 atom stereocenters. The average Bonchev–Trinajstić information content (AvgIpc) is 3.45. The van der Waals surface area contributed by atoms with Gasteiger partial charge in [0.05, 0.1) is 25.4 Å². The van der Waals surface area contributed by atoms with E-state index in [1.165, 1.54) is 0 Å². The smallest absolute Gasteiger partial charge is 0.253 e. The molecule has 4 heterocycles. The molecule has 6 nitrogen and oxygen atoms in total. The molecule has 6 heteroatoms. The lowest BCUT2D eigenvalue weighted by molar-refractivity contribution is -0.0451. The maximum absolute atomic E-state index is 13.2. The van der Waals surface area contributed by atoms with Gasteiger partial charge in [0.1, 0.15) is 0 Å². The number of amides is 1. The molecule has 3 fully saturated rings. The second-order valence-corrected chi connectivity index (χ2v) is 8.94. The lowest BCUT2D eigenvalue weighted by Gasteiger charge is -2.40. The van der Waals surface area contributed by atoms with Crippen molar-refractivity contribution in [2.24, 2.45) is 5.92 Å². The summed E-state index contributed by atoms with van der Waals surface area (Å²) in [6.07, 6.45) is 7.15. The third-order valence-electron chi connectivity index (χ3n) is 6.75. The Morgan fingerprint density at radius 3 is 2.60 bits per heavy atom.